The number of hydrogen-bond donors (Lipinski definition) is 3. The normalized spacial score (nSPS) is 10.4. The van der Waals surface area contributed by atoms with Gasteiger partial charge in [-0.1, -0.05) is 30.3 Å². The van der Waals surface area contributed by atoms with Crippen molar-refractivity contribution in [1.82, 2.24) is 4.98 Å². The molecule has 3 N–H and O–H groups in total. The Morgan fingerprint density at radius 1 is 1.22 bits per heavy atom. The second-order valence-electron chi connectivity index (χ2n) is 4.96. The first-order chi connectivity index (χ1) is 11.2. The van der Waals surface area contributed by atoms with Crippen molar-refractivity contribution in [2.45, 2.75) is 6.61 Å². The van der Waals surface area contributed by atoms with Crippen LogP contribution in [0.4, 0.5) is 5.69 Å². The zero-order valence-electron chi connectivity index (χ0n) is 12.1. The third-order valence-electron chi connectivity index (χ3n) is 3.40. The lowest BCUT2D eigenvalue weighted by molar-refractivity contribution is -0.105. The quantitative estimate of drug-likeness (QED) is 0.610. The molecule has 1 aromatic heterocycles. The van der Waals surface area contributed by atoms with Crippen LogP contribution < -0.4 is 10.1 Å². The Bertz CT molecular complexity index is 856. The standard InChI is InChI=1S/C17H14N2O4/c20-10-18-14-8-13-12(6-15(19-13)17(21)22)7-16(14)23-9-11-4-2-1-3-5-11/h1-8,10,19H,9H2,(H,18,20)(H,21,22). The van der Waals surface area contributed by atoms with E-state index >= 15 is 0 Å². The summed E-state index contributed by atoms with van der Waals surface area (Å²) < 4.78 is 5.77. The molecular weight excluding hydrogens is 296 g/mol. The number of amides is 1. The Labute approximate surface area is 131 Å². The van der Waals surface area contributed by atoms with Crippen LogP contribution in [0.3, 0.4) is 0 Å². The van der Waals surface area contributed by atoms with E-state index in [4.69, 9.17) is 9.84 Å². The smallest absolute Gasteiger partial charge is 0.352 e. The molecule has 116 valence electrons. The van der Waals surface area contributed by atoms with Gasteiger partial charge in [0.2, 0.25) is 6.41 Å². The van der Waals surface area contributed by atoms with Gasteiger partial charge in [0.15, 0.2) is 0 Å². The summed E-state index contributed by atoms with van der Waals surface area (Å²) in [5, 5.41) is 12.3. The third kappa shape index (κ3) is 3.16. The molecule has 0 atom stereocenters. The summed E-state index contributed by atoms with van der Waals surface area (Å²) in [5.74, 6) is -0.567. The average molecular weight is 310 g/mol. The molecule has 3 aromatic rings. The van der Waals surface area contributed by atoms with E-state index < -0.39 is 5.97 Å². The van der Waals surface area contributed by atoms with E-state index in [1.54, 1.807) is 12.1 Å². The summed E-state index contributed by atoms with van der Waals surface area (Å²) in [7, 11) is 0. The van der Waals surface area contributed by atoms with Crippen LogP contribution in [0.2, 0.25) is 0 Å². The van der Waals surface area contributed by atoms with Gasteiger partial charge in [-0.3, -0.25) is 4.79 Å². The van der Waals surface area contributed by atoms with Crippen LogP contribution in [-0.4, -0.2) is 22.5 Å². The maximum Gasteiger partial charge on any atom is 0.352 e. The van der Waals surface area contributed by atoms with Crippen LogP contribution in [0.5, 0.6) is 5.75 Å². The molecule has 6 heteroatoms. The van der Waals surface area contributed by atoms with Gasteiger partial charge in [0, 0.05) is 10.9 Å². The first-order valence-corrected chi connectivity index (χ1v) is 6.94. The number of hydrogen-bond acceptors (Lipinski definition) is 3. The summed E-state index contributed by atoms with van der Waals surface area (Å²) in [6.45, 7) is 0.343. The molecule has 0 radical (unpaired) electrons. The fourth-order valence-electron chi connectivity index (χ4n) is 2.31. The predicted octanol–water partition coefficient (Wildman–Crippen LogP) is 3.01. The highest BCUT2D eigenvalue weighted by molar-refractivity contribution is 5.96. The second kappa shape index (κ2) is 6.23. The number of carboxylic acid groups (broad SMARTS) is 1. The number of carboxylic acids is 1. The molecule has 0 bridgehead atoms. The highest BCUT2D eigenvalue weighted by atomic mass is 16.5. The summed E-state index contributed by atoms with van der Waals surface area (Å²) in [6, 6.07) is 14.5. The minimum Gasteiger partial charge on any atom is -0.487 e. The Balaban J connectivity index is 1.94. The van der Waals surface area contributed by atoms with E-state index in [0.29, 0.717) is 35.4 Å². The lowest BCUT2D eigenvalue weighted by Crippen LogP contribution is -2.01. The van der Waals surface area contributed by atoms with Crippen LogP contribution >= 0.6 is 0 Å². The van der Waals surface area contributed by atoms with Crippen molar-refractivity contribution in [2.75, 3.05) is 5.32 Å². The van der Waals surface area contributed by atoms with Crippen LogP contribution in [0.25, 0.3) is 10.9 Å². The fraction of sp³-hybridized carbons (Fsp3) is 0.0588. The van der Waals surface area contributed by atoms with Crippen molar-refractivity contribution >= 4 is 29.0 Å². The molecule has 0 saturated heterocycles. The van der Waals surface area contributed by atoms with E-state index in [0.717, 1.165) is 5.56 Å². The number of aromatic amines is 1. The number of carbonyl (C=O) groups is 2. The van der Waals surface area contributed by atoms with Crippen molar-refractivity contribution in [2.24, 2.45) is 0 Å². The first kappa shape index (κ1) is 14.6. The molecule has 0 aliphatic carbocycles. The van der Waals surface area contributed by atoms with E-state index in [1.807, 2.05) is 30.3 Å². The number of nitrogens with one attached hydrogen (secondary N) is 2. The zero-order valence-corrected chi connectivity index (χ0v) is 12.1. The van der Waals surface area contributed by atoms with Gasteiger partial charge in [-0.25, -0.2) is 4.79 Å². The number of rotatable bonds is 6. The van der Waals surface area contributed by atoms with Gasteiger partial charge in [0.25, 0.3) is 0 Å². The number of H-pyrrole nitrogens is 1. The highest BCUT2D eigenvalue weighted by Crippen LogP contribution is 2.31. The molecule has 3 rings (SSSR count). The monoisotopic (exact) mass is 310 g/mol. The minimum atomic E-state index is -1.04. The number of fused-ring (bicyclic) bond motifs is 1. The molecule has 1 amide bonds. The predicted molar refractivity (Wildman–Crippen MR) is 85.7 cm³/mol. The molecule has 1 heterocycles. The number of aromatic carboxylic acids is 1. The Morgan fingerprint density at radius 2 is 2.00 bits per heavy atom. The van der Waals surface area contributed by atoms with E-state index in [2.05, 4.69) is 10.3 Å². The van der Waals surface area contributed by atoms with Crippen molar-refractivity contribution in [3.8, 4) is 5.75 Å². The molecule has 23 heavy (non-hydrogen) atoms. The number of ether oxygens (including phenoxy) is 1. The van der Waals surface area contributed by atoms with E-state index in [9.17, 15) is 9.59 Å². The molecular formula is C17H14N2O4. The lowest BCUT2D eigenvalue weighted by Gasteiger charge is -2.11. The van der Waals surface area contributed by atoms with Gasteiger partial charge in [-0.15, -0.1) is 0 Å². The fourth-order valence-corrected chi connectivity index (χ4v) is 2.31. The number of carbonyl (C=O) groups excluding carboxylic acids is 1. The largest absolute Gasteiger partial charge is 0.487 e. The summed E-state index contributed by atoms with van der Waals surface area (Å²) >= 11 is 0. The van der Waals surface area contributed by atoms with E-state index in [-0.39, 0.29) is 5.69 Å². The number of aromatic nitrogens is 1. The molecule has 0 unspecified atom stereocenters. The Hall–Kier alpha value is -3.28. The van der Waals surface area contributed by atoms with Crippen LogP contribution in [0, 0.1) is 0 Å². The van der Waals surface area contributed by atoms with Gasteiger partial charge in [-0.05, 0) is 23.8 Å². The minimum absolute atomic E-state index is 0.0808. The van der Waals surface area contributed by atoms with Crippen LogP contribution in [-0.2, 0) is 11.4 Å². The van der Waals surface area contributed by atoms with E-state index in [1.165, 1.54) is 6.07 Å². The third-order valence-corrected chi connectivity index (χ3v) is 3.40. The maximum atomic E-state index is 11.0. The van der Waals surface area contributed by atoms with Crippen LogP contribution in [0.1, 0.15) is 16.1 Å². The molecule has 0 spiro atoms. The Morgan fingerprint density at radius 3 is 2.70 bits per heavy atom. The summed E-state index contributed by atoms with van der Waals surface area (Å²) in [6.07, 6.45) is 0.553. The SMILES string of the molecule is O=CNc1cc2[nH]c(C(=O)O)cc2cc1OCc1ccccc1. The Kier molecular flexibility index (Phi) is 3.97. The van der Waals surface area contributed by atoms with Gasteiger partial charge in [0.1, 0.15) is 18.1 Å². The topological polar surface area (TPSA) is 91.4 Å². The average Bonchev–Trinajstić information content (AvgIpc) is 2.97. The number of anilines is 1. The molecule has 0 aliphatic heterocycles. The van der Waals surface area contributed by atoms with Gasteiger partial charge in [-0.2, -0.15) is 0 Å². The molecule has 0 aliphatic rings. The second-order valence-corrected chi connectivity index (χ2v) is 4.96. The van der Waals surface area contributed by atoms with Crippen molar-refractivity contribution in [3.05, 3.63) is 59.8 Å². The summed E-state index contributed by atoms with van der Waals surface area (Å²) in [4.78, 5) is 24.6. The molecule has 6 nitrogen and oxygen atoms in total. The van der Waals surface area contributed by atoms with Crippen molar-refractivity contribution < 1.29 is 19.4 Å². The van der Waals surface area contributed by atoms with Crippen molar-refractivity contribution in [1.29, 1.82) is 0 Å². The number of benzene rings is 2. The van der Waals surface area contributed by atoms with Crippen LogP contribution in [0.15, 0.2) is 48.5 Å². The molecule has 0 fully saturated rings. The zero-order chi connectivity index (χ0) is 16.2. The lowest BCUT2D eigenvalue weighted by atomic mass is 10.2. The maximum absolute atomic E-state index is 11.0. The van der Waals surface area contributed by atoms with Gasteiger partial charge in [0.05, 0.1) is 5.69 Å². The summed E-state index contributed by atoms with van der Waals surface area (Å²) in [5.41, 5.74) is 2.16. The molecule has 0 saturated carbocycles. The molecule has 2 aromatic carbocycles. The first-order valence-electron chi connectivity index (χ1n) is 6.94. The van der Waals surface area contributed by atoms with Gasteiger partial charge >= 0.3 is 5.97 Å². The highest BCUT2D eigenvalue weighted by Gasteiger charge is 2.12. The van der Waals surface area contributed by atoms with Crippen molar-refractivity contribution in [3.63, 3.8) is 0 Å². The van der Waals surface area contributed by atoms with Gasteiger partial charge < -0.3 is 20.1 Å².